The van der Waals surface area contributed by atoms with Crippen LogP contribution in [0.5, 0.6) is 5.75 Å². The van der Waals surface area contributed by atoms with Gasteiger partial charge in [0.2, 0.25) is 0 Å². The van der Waals surface area contributed by atoms with Gasteiger partial charge in [-0.25, -0.2) is 0 Å². The zero-order valence-corrected chi connectivity index (χ0v) is 12.3. The second-order valence-electron chi connectivity index (χ2n) is 4.20. The van der Waals surface area contributed by atoms with E-state index in [0.717, 1.165) is 4.47 Å². The largest absolute Gasteiger partial charge is 0.481 e. The van der Waals surface area contributed by atoms with E-state index in [1.165, 1.54) is 0 Å². The van der Waals surface area contributed by atoms with Gasteiger partial charge in [0.1, 0.15) is 5.75 Å². The summed E-state index contributed by atoms with van der Waals surface area (Å²) in [7, 11) is 0. The molecule has 0 aromatic heterocycles. The van der Waals surface area contributed by atoms with Crippen LogP contribution in [0, 0.1) is 0 Å². The predicted molar refractivity (Wildman–Crippen MR) is 74.1 cm³/mol. The summed E-state index contributed by atoms with van der Waals surface area (Å²) in [6.07, 6.45) is -0.817. The van der Waals surface area contributed by atoms with Crippen molar-refractivity contribution in [2.45, 2.75) is 32.4 Å². The topological polar surface area (TPSA) is 75.6 Å². The number of hydrogen-bond acceptors (Lipinski definition) is 3. The Kier molecular flexibility index (Phi) is 5.82. The van der Waals surface area contributed by atoms with Gasteiger partial charge in [-0.2, -0.15) is 0 Å². The lowest BCUT2D eigenvalue weighted by molar-refractivity contribution is -0.137. The lowest BCUT2D eigenvalue weighted by atomic mass is 10.2. The summed E-state index contributed by atoms with van der Waals surface area (Å²) in [4.78, 5) is 22.3. The molecule has 0 aliphatic heterocycles. The third kappa shape index (κ3) is 5.30. The Hall–Kier alpha value is -1.56. The first kappa shape index (κ1) is 15.5. The SMILES string of the molecule is CC(CC(=O)O)NC(=O)C(C)Oc1ccccc1Br. The number of carbonyl (C=O) groups excluding carboxylic acids is 1. The number of carbonyl (C=O) groups is 2. The molecule has 2 N–H and O–H groups in total. The van der Waals surface area contributed by atoms with E-state index in [1.54, 1.807) is 26.0 Å². The molecule has 2 atom stereocenters. The standard InChI is InChI=1S/C13H16BrNO4/c1-8(7-12(16)17)15-13(18)9(2)19-11-6-4-3-5-10(11)14/h3-6,8-9H,7H2,1-2H3,(H,15,18)(H,16,17). The Balaban J connectivity index is 2.54. The summed E-state index contributed by atoms with van der Waals surface area (Å²) in [5.74, 6) is -0.729. The van der Waals surface area contributed by atoms with Gasteiger partial charge in [0, 0.05) is 6.04 Å². The van der Waals surface area contributed by atoms with Gasteiger partial charge in [-0.15, -0.1) is 0 Å². The summed E-state index contributed by atoms with van der Waals surface area (Å²) >= 11 is 3.32. The average Bonchev–Trinajstić information content (AvgIpc) is 2.30. The van der Waals surface area contributed by atoms with Gasteiger partial charge in [0.25, 0.3) is 5.91 Å². The molecule has 0 fully saturated rings. The molecule has 0 heterocycles. The summed E-state index contributed by atoms with van der Waals surface area (Å²) in [6.45, 7) is 3.25. The molecule has 0 saturated carbocycles. The Morgan fingerprint density at radius 3 is 2.58 bits per heavy atom. The van der Waals surface area contributed by atoms with Crippen molar-refractivity contribution in [3.05, 3.63) is 28.7 Å². The van der Waals surface area contributed by atoms with Gasteiger partial charge in [-0.3, -0.25) is 9.59 Å². The first-order chi connectivity index (χ1) is 8.90. The second kappa shape index (κ2) is 7.13. The number of nitrogens with one attached hydrogen (secondary N) is 1. The Bertz CT molecular complexity index is 464. The number of amides is 1. The fraction of sp³-hybridized carbons (Fsp3) is 0.385. The molecule has 0 bridgehead atoms. The van der Waals surface area contributed by atoms with Gasteiger partial charge >= 0.3 is 5.97 Å². The minimum Gasteiger partial charge on any atom is -0.481 e. The smallest absolute Gasteiger partial charge is 0.305 e. The number of para-hydroxylation sites is 1. The quantitative estimate of drug-likeness (QED) is 0.838. The zero-order valence-electron chi connectivity index (χ0n) is 10.7. The molecule has 1 aromatic carbocycles. The van der Waals surface area contributed by atoms with E-state index in [-0.39, 0.29) is 12.3 Å². The highest BCUT2D eigenvalue weighted by molar-refractivity contribution is 9.10. The Morgan fingerprint density at radius 2 is 2.00 bits per heavy atom. The normalized spacial score (nSPS) is 13.4. The van der Waals surface area contributed by atoms with Crippen molar-refractivity contribution in [2.24, 2.45) is 0 Å². The van der Waals surface area contributed by atoms with E-state index in [0.29, 0.717) is 5.75 Å². The van der Waals surface area contributed by atoms with Gasteiger partial charge in [-0.1, -0.05) is 12.1 Å². The van der Waals surface area contributed by atoms with Crippen molar-refractivity contribution >= 4 is 27.8 Å². The number of halogens is 1. The maximum atomic E-state index is 11.8. The maximum Gasteiger partial charge on any atom is 0.305 e. The van der Waals surface area contributed by atoms with Crippen LogP contribution in [0.25, 0.3) is 0 Å². The number of hydrogen-bond donors (Lipinski definition) is 2. The van der Waals surface area contributed by atoms with Crippen molar-refractivity contribution in [3.63, 3.8) is 0 Å². The highest BCUT2D eigenvalue weighted by atomic mass is 79.9. The molecular formula is C13H16BrNO4. The Labute approximate surface area is 120 Å². The molecule has 0 aliphatic carbocycles. The van der Waals surface area contributed by atoms with E-state index in [2.05, 4.69) is 21.2 Å². The van der Waals surface area contributed by atoms with Gasteiger partial charge in [-0.05, 0) is 41.9 Å². The fourth-order valence-corrected chi connectivity index (χ4v) is 1.84. The molecule has 0 saturated heterocycles. The molecular weight excluding hydrogens is 314 g/mol. The average molecular weight is 330 g/mol. The van der Waals surface area contributed by atoms with Crippen molar-refractivity contribution in [3.8, 4) is 5.75 Å². The van der Waals surface area contributed by atoms with Crippen LogP contribution in [-0.2, 0) is 9.59 Å². The lowest BCUT2D eigenvalue weighted by Gasteiger charge is -2.18. The van der Waals surface area contributed by atoms with Crippen LogP contribution in [0.15, 0.2) is 28.7 Å². The predicted octanol–water partition coefficient (Wildman–Crippen LogP) is 2.20. The number of carboxylic acids is 1. The molecule has 0 aliphatic rings. The summed E-state index contributed by atoms with van der Waals surface area (Å²) in [5.41, 5.74) is 0. The molecule has 1 rings (SSSR count). The fourth-order valence-electron chi connectivity index (χ4n) is 1.46. The monoisotopic (exact) mass is 329 g/mol. The third-order valence-electron chi connectivity index (χ3n) is 2.38. The van der Waals surface area contributed by atoms with Crippen molar-refractivity contribution in [1.29, 1.82) is 0 Å². The molecule has 1 amide bonds. The van der Waals surface area contributed by atoms with Gasteiger partial charge in [0.05, 0.1) is 10.9 Å². The number of rotatable bonds is 6. The number of aliphatic carboxylic acids is 1. The van der Waals surface area contributed by atoms with E-state index in [1.807, 2.05) is 12.1 Å². The Morgan fingerprint density at radius 1 is 1.37 bits per heavy atom. The van der Waals surface area contributed by atoms with E-state index in [4.69, 9.17) is 9.84 Å². The third-order valence-corrected chi connectivity index (χ3v) is 3.03. The molecule has 0 spiro atoms. The first-order valence-corrected chi connectivity index (χ1v) is 6.62. The second-order valence-corrected chi connectivity index (χ2v) is 5.05. The van der Waals surface area contributed by atoms with Crippen molar-refractivity contribution in [2.75, 3.05) is 0 Å². The van der Waals surface area contributed by atoms with Crippen LogP contribution in [0.2, 0.25) is 0 Å². The van der Waals surface area contributed by atoms with Crippen molar-refractivity contribution in [1.82, 2.24) is 5.32 Å². The van der Waals surface area contributed by atoms with Gasteiger partial charge < -0.3 is 15.2 Å². The van der Waals surface area contributed by atoms with Gasteiger partial charge in [0.15, 0.2) is 6.10 Å². The molecule has 5 nitrogen and oxygen atoms in total. The van der Waals surface area contributed by atoms with Crippen LogP contribution in [0.3, 0.4) is 0 Å². The lowest BCUT2D eigenvalue weighted by Crippen LogP contribution is -2.42. The van der Waals surface area contributed by atoms with Crippen LogP contribution in [-0.4, -0.2) is 29.1 Å². The zero-order chi connectivity index (χ0) is 14.4. The van der Waals surface area contributed by atoms with E-state index in [9.17, 15) is 9.59 Å². The summed E-state index contributed by atoms with van der Waals surface area (Å²) in [6, 6.07) is 6.77. The van der Waals surface area contributed by atoms with Crippen LogP contribution in [0.1, 0.15) is 20.3 Å². The minimum atomic E-state index is -0.952. The highest BCUT2D eigenvalue weighted by Crippen LogP contribution is 2.24. The van der Waals surface area contributed by atoms with E-state index >= 15 is 0 Å². The summed E-state index contributed by atoms with van der Waals surface area (Å²) in [5, 5.41) is 11.2. The summed E-state index contributed by atoms with van der Waals surface area (Å²) < 4.78 is 6.26. The first-order valence-electron chi connectivity index (χ1n) is 5.83. The van der Waals surface area contributed by atoms with Crippen LogP contribution in [0.4, 0.5) is 0 Å². The minimum absolute atomic E-state index is 0.118. The van der Waals surface area contributed by atoms with Crippen molar-refractivity contribution < 1.29 is 19.4 Å². The molecule has 104 valence electrons. The van der Waals surface area contributed by atoms with Crippen LogP contribution < -0.4 is 10.1 Å². The van der Waals surface area contributed by atoms with Crippen LogP contribution >= 0.6 is 15.9 Å². The van der Waals surface area contributed by atoms with E-state index < -0.39 is 18.1 Å². The maximum absolute atomic E-state index is 11.8. The molecule has 1 aromatic rings. The molecule has 2 unspecified atom stereocenters. The molecule has 0 radical (unpaired) electrons. The molecule has 19 heavy (non-hydrogen) atoms. The number of benzene rings is 1. The highest BCUT2D eigenvalue weighted by Gasteiger charge is 2.18. The molecule has 6 heteroatoms. The number of ether oxygens (including phenoxy) is 1. The number of carboxylic acid groups (broad SMARTS) is 1.